The van der Waals surface area contributed by atoms with Gasteiger partial charge in [-0.05, 0) is 145 Å². The number of nitrogens with two attached hydrogens (primary N) is 1. The summed E-state index contributed by atoms with van der Waals surface area (Å²) >= 11 is 0. The highest BCUT2D eigenvalue weighted by atomic mass is 16.5. The van der Waals surface area contributed by atoms with Crippen LogP contribution in [0.4, 0.5) is 0 Å². The second-order valence-corrected chi connectivity index (χ2v) is 19.4. The molecule has 5 saturated carbocycles. The number of rotatable bonds is 3. The van der Waals surface area contributed by atoms with Gasteiger partial charge in [0.05, 0.1) is 11.5 Å². The van der Waals surface area contributed by atoms with Crippen LogP contribution in [0.3, 0.4) is 0 Å². The van der Waals surface area contributed by atoms with Crippen LogP contribution in [0.5, 0.6) is 0 Å². The molecule has 3 N–H and O–H groups in total. The topological polar surface area (TPSA) is 107 Å². The molecule has 8 unspecified atom stereocenters. The van der Waals surface area contributed by atoms with Crippen LogP contribution in [0.2, 0.25) is 0 Å². The Morgan fingerprint density at radius 2 is 1.39 bits per heavy atom. The maximum Gasteiger partial charge on any atom is 0.290 e. The third-order valence-corrected chi connectivity index (χ3v) is 15.8. The maximum atomic E-state index is 12.7. The zero-order chi connectivity index (χ0) is 41.2. The molecule has 6 aliphatic carbocycles. The molecule has 0 aliphatic heterocycles. The quantitative estimate of drug-likeness (QED) is 0.236. The number of amides is 1. The first kappa shape index (κ1) is 47.5. The second-order valence-electron chi connectivity index (χ2n) is 19.4. The van der Waals surface area contributed by atoms with Crippen LogP contribution in [0.1, 0.15) is 164 Å². The number of methoxy groups -OCH3 is 1. The van der Waals surface area contributed by atoms with Crippen LogP contribution in [0.25, 0.3) is 0 Å². The zero-order valence-electron chi connectivity index (χ0n) is 36.3. The first-order valence-corrected chi connectivity index (χ1v) is 21.2. The normalized spacial score (nSPS) is 36.3. The van der Waals surface area contributed by atoms with E-state index in [2.05, 4.69) is 71.7 Å². The maximum absolute atomic E-state index is 12.7. The van der Waals surface area contributed by atoms with Crippen molar-refractivity contribution < 1.29 is 24.2 Å². The van der Waals surface area contributed by atoms with Crippen LogP contribution in [-0.2, 0) is 32.0 Å². The van der Waals surface area contributed by atoms with Gasteiger partial charge in [-0.3, -0.25) is 9.59 Å². The summed E-state index contributed by atoms with van der Waals surface area (Å²) in [4.78, 5) is 30.9. The Balaban J connectivity index is 0.000000357. The van der Waals surface area contributed by atoms with E-state index < -0.39 is 0 Å². The minimum absolute atomic E-state index is 0.0136. The first-order chi connectivity index (χ1) is 25.4. The SMILES string of the molecule is C#C.CC.CC(C)(C)CC=O.COC1CCC2(C)C(CCC3(C)C2CCC2C4CCCC4(C(N)=O)CC[C@]23C)C1(C)C.O=CO.c1ccc2c(c1)CCC2. The lowest BCUT2D eigenvalue weighted by molar-refractivity contribution is -0.246. The molecule has 1 aromatic rings. The van der Waals surface area contributed by atoms with E-state index in [9.17, 15) is 9.59 Å². The van der Waals surface area contributed by atoms with Crippen molar-refractivity contribution in [3.63, 3.8) is 0 Å². The average Bonchev–Trinajstić information content (AvgIpc) is 3.79. The minimum Gasteiger partial charge on any atom is -0.483 e. The Bertz CT molecular complexity index is 1360. The Labute approximate surface area is 330 Å². The predicted octanol–water partition coefficient (Wildman–Crippen LogP) is 11.1. The van der Waals surface area contributed by atoms with E-state index in [4.69, 9.17) is 20.4 Å². The molecular weight excluding hydrogens is 671 g/mol. The molecule has 54 heavy (non-hydrogen) atoms. The molecule has 1 aromatic carbocycles. The van der Waals surface area contributed by atoms with Gasteiger partial charge in [0.25, 0.3) is 6.47 Å². The molecular formula is C48H79NO5. The van der Waals surface area contributed by atoms with E-state index in [-0.39, 0.29) is 28.6 Å². The van der Waals surface area contributed by atoms with Gasteiger partial charge in [-0.15, -0.1) is 12.8 Å². The summed E-state index contributed by atoms with van der Waals surface area (Å²) < 4.78 is 6.00. The highest BCUT2D eigenvalue weighted by Gasteiger charge is 2.70. The van der Waals surface area contributed by atoms with Crippen LogP contribution < -0.4 is 5.73 Å². The summed E-state index contributed by atoms with van der Waals surface area (Å²) in [5.74, 6) is 2.77. The molecule has 5 fully saturated rings. The summed E-state index contributed by atoms with van der Waals surface area (Å²) in [5.41, 5.74) is 10.6. The van der Waals surface area contributed by atoms with Crippen LogP contribution in [0, 0.1) is 69.0 Å². The lowest BCUT2D eigenvalue weighted by atomic mass is 9.32. The van der Waals surface area contributed by atoms with Gasteiger partial charge in [0.1, 0.15) is 6.29 Å². The predicted molar refractivity (Wildman–Crippen MR) is 224 cm³/mol. The number of hydrogen-bond donors (Lipinski definition) is 2. The molecule has 306 valence electrons. The number of carboxylic acid groups (broad SMARTS) is 1. The van der Waals surface area contributed by atoms with Crippen molar-refractivity contribution in [2.24, 2.45) is 61.9 Å². The lowest BCUT2D eigenvalue weighted by Crippen LogP contribution is -2.67. The molecule has 0 radical (unpaired) electrons. The van der Waals surface area contributed by atoms with Gasteiger partial charge < -0.3 is 20.4 Å². The van der Waals surface area contributed by atoms with Gasteiger partial charge >= 0.3 is 0 Å². The largest absolute Gasteiger partial charge is 0.483 e. The fourth-order valence-corrected chi connectivity index (χ4v) is 13.2. The molecule has 0 bridgehead atoms. The van der Waals surface area contributed by atoms with Gasteiger partial charge in [-0.2, -0.15) is 0 Å². The van der Waals surface area contributed by atoms with Gasteiger partial charge in [0, 0.05) is 13.5 Å². The Morgan fingerprint density at radius 1 is 0.815 bits per heavy atom. The third-order valence-electron chi connectivity index (χ3n) is 15.8. The Morgan fingerprint density at radius 3 is 1.87 bits per heavy atom. The van der Waals surface area contributed by atoms with Crippen molar-refractivity contribution in [1.82, 2.24) is 0 Å². The van der Waals surface area contributed by atoms with Crippen molar-refractivity contribution >= 4 is 18.7 Å². The standard InChI is InChI=1S/C28H47NO2.C9H10.C6H12O.C2H6.C2H2.CH2O2/c1-24(2)20-11-15-27(5)21(25(20,3)14-12-22(24)31-6)10-9-18-19-8-7-13-28(19,23(29)30)17-16-26(18,27)4;1-2-5-9-7-3-6-8(9)4-1;1-6(2,3)4-5-7;2*1-2;2-1-3/h18-22H,7-17H2,1-6H3,(H2,29,30);1-2,4-5H,3,6-7H2;5H,4H2,1-3H3;1-2H3;1-2H;1H,(H,2,3)/t18?,19?,20?,21?,22?,25?,26-,27?,28?;;;;;/m1...../s1. The molecule has 0 heterocycles. The van der Waals surface area contributed by atoms with Crippen molar-refractivity contribution in [2.45, 2.75) is 172 Å². The van der Waals surface area contributed by atoms with Gasteiger partial charge in [-0.25, -0.2) is 0 Å². The molecule has 1 amide bonds. The second kappa shape index (κ2) is 19.5. The third kappa shape index (κ3) is 9.14. The molecule has 0 saturated heterocycles. The van der Waals surface area contributed by atoms with E-state index in [1.807, 2.05) is 41.7 Å². The highest BCUT2D eigenvalue weighted by molar-refractivity contribution is 5.81. The summed E-state index contributed by atoms with van der Waals surface area (Å²) in [7, 11) is 1.92. The number of benzene rings is 1. The number of fused-ring (bicyclic) bond motifs is 8. The number of primary amides is 1. The number of ether oxygens (including phenoxy) is 1. The number of carbonyl (C=O) groups excluding carboxylic acids is 2. The van der Waals surface area contributed by atoms with E-state index in [0.717, 1.165) is 31.0 Å². The molecule has 6 nitrogen and oxygen atoms in total. The lowest BCUT2D eigenvalue weighted by Gasteiger charge is -2.72. The van der Waals surface area contributed by atoms with Gasteiger partial charge in [0.2, 0.25) is 5.91 Å². The fourth-order valence-electron chi connectivity index (χ4n) is 13.2. The zero-order valence-corrected chi connectivity index (χ0v) is 36.3. The number of aryl methyl sites for hydroxylation is 2. The fraction of sp³-hybridized carbons (Fsp3) is 0.771. The van der Waals surface area contributed by atoms with Crippen LogP contribution in [-0.4, -0.2) is 37.0 Å². The van der Waals surface area contributed by atoms with E-state index in [1.165, 1.54) is 77.0 Å². The molecule has 6 aliphatic rings. The van der Waals surface area contributed by atoms with Crippen molar-refractivity contribution in [3.05, 3.63) is 35.4 Å². The van der Waals surface area contributed by atoms with Crippen molar-refractivity contribution in [3.8, 4) is 12.8 Å². The molecule has 9 atom stereocenters. The molecule has 0 spiro atoms. The number of aldehydes is 1. The summed E-state index contributed by atoms with van der Waals surface area (Å²) in [5, 5.41) is 6.89. The van der Waals surface area contributed by atoms with Crippen LogP contribution >= 0.6 is 0 Å². The van der Waals surface area contributed by atoms with E-state index in [0.29, 0.717) is 40.6 Å². The Kier molecular flexibility index (Phi) is 17.1. The summed E-state index contributed by atoms with van der Waals surface area (Å²) in [6, 6.07) is 8.74. The monoisotopic (exact) mass is 750 g/mol. The van der Waals surface area contributed by atoms with Gasteiger partial charge in [-0.1, -0.05) is 99.9 Å². The average molecular weight is 750 g/mol. The number of hydrogen-bond acceptors (Lipinski definition) is 4. The number of carbonyl (C=O) groups is 3. The molecule has 7 rings (SSSR count). The Hall–Kier alpha value is -2.65. The minimum atomic E-state index is -0.250. The number of terminal acetylenes is 1. The van der Waals surface area contributed by atoms with Gasteiger partial charge in [0.15, 0.2) is 0 Å². The van der Waals surface area contributed by atoms with E-state index in [1.54, 1.807) is 11.1 Å². The van der Waals surface area contributed by atoms with Crippen molar-refractivity contribution in [1.29, 1.82) is 0 Å². The van der Waals surface area contributed by atoms with Crippen molar-refractivity contribution in [2.75, 3.05) is 7.11 Å². The summed E-state index contributed by atoms with van der Waals surface area (Å²) in [6.45, 7) is 22.8. The first-order valence-electron chi connectivity index (χ1n) is 21.2. The van der Waals surface area contributed by atoms with Crippen LogP contribution in [0.15, 0.2) is 24.3 Å². The van der Waals surface area contributed by atoms with E-state index >= 15 is 0 Å². The molecule has 6 heteroatoms. The molecule has 0 aromatic heterocycles. The summed E-state index contributed by atoms with van der Waals surface area (Å²) in [6.07, 6.45) is 27.6. The highest BCUT2D eigenvalue weighted by Crippen LogP contribution is 2.76. The smallest absolute Gasteiger partial charge is 0.290 e.